The molecular formula is C17H17BrN4O3S. The van der Waals surface area contributed by atoms with E-state index in [0.717, 1.165) is 14.9 Å². The second kappa shape index (κ2) is 7.46. The Morgan fingerprint density at radius 1 is 1.31 bits per heavy atom. The van der Waals surface area contributed by atoms with Gasteiger partial charge in [-0.25, -0.2) is 14.6 Å². The zero-order chi connectivity index (χ0) is 18.8. The molecule has 0 saturated carbocycles. The SMILES string of the molecule is CCOC(=O)c1c(NC(=O)Nc2c(C)ccn3ccnc23)sc(Br)c1C. The summed E-state index contributed by atoms with van der Waals surface area (Å²) in [5, 5.41) is 5.99. The molecule has 3 rings (SSSR count). The van der Waals surface area contributed by atoms with Gasteiger partial charge in [0.1, 0.15) is 5.00 Å². The van der Waals surface area contributed by atoms with Crippen molar-refractivity contribution < 1.29 is 14.3 Å². The van der Waals surface area contributed by atoms with Crippen molar-refractivity contribution in [3.8, 4) is 0 Å². The molecule has 3 aromatic rings. The van der Waals surface area contributed by atoms with Crippen LogP contribution in [0, 0.1) is 13.8 Å². The number of thiophene rings is 1. The molecule has 0 spiro atoms. The van der Waals surface area contributed by atoms with E-state index in [-0.39, 0.29) is 6.61 Å². The van der Waals surface area contributed by atoms with Crippen molar-refractivity contribution in [2.24, 2.45) is 0 Å². The van der Waals surface area contributed by atoms with Gasteiger partial charge in [-0.15, -0.1) is 11.3 Å². The minimum absolute atomic E-state index is 0.262. The Hall–Kier alpha value is -2.39. The molecule has 2 amide bonds. The van der Waals surface area contributed by atoms with Crippen LogP contribution in [0.2, 0.25) is 0 Å². The van der Waals surface area contributed by atoms with Crippen LogP contribution in [0.1, 0.15) is 28.4 Å². The molecule has 2 N–H and O–H groups in total. The summed E-state index contributed by atoms with van der Waals surface area (Å²) in [5.41, 5.74) is 3.23. The van der Waals surface area contributed by atoms with Crippen molar-refractivity contribution in [2.75, 3.05) is 17.2 Å². The Morgan fingerprint density at radius 2 is 2.08 bits per heavy atom. The Morgan fingerprint density at radius 3 is 2.81 bits per heavy atom. The third-order valence-corrected chi connectivity index (χ3v) is 5.88. The van der Waals surface area contributed by atoms with Crippen molar-refractivity contribution in [3.63, 3.8) is 0 Å². The van der Waals surface area contributed by atoms with Crippen LogP contribution in [0.15, 0.2) is 28.4 Å². The Kier molecular flexibility index (Phi) is 5.28. The van der Waals surface area contributed by atoms with Gasteiger partial charge in [-0.1, -0.05) is 0 Å². The third kappa shape index (κ3) is 3.45. The van der Waals surface area contributed by atoms with Gasteiger partial charge < -0.3 is 14.5 Å². The van der Waals surface area contributed by atoms with E-state index in [1.165, 1.54) is 11.3 Å². The van der Waals surface area contributed by atoms with Gasteiger partial charge in [-0.2, -0.15) is 0 Å². The van der Waals surface area contributed by atoms with Gasteiger partial charge >= 0.3 is 12.0 Å². The number of hydrogen-bond donors (Lipinski definition) is 2. The smallest absolute Gasteiger partial charge is 0.341 e. The van der Waals surface area contributed by atoms with Crippen LogP contribution in [0.5, 0.6) is 0 Å². The highest BCUT2D eigenvalue weighted by atomic mass is 79.9. The molecule has 26 heavy (non-hydrogen) atoms. The van der Waals surface area contributed by atoms with E-state index < -0.39 is 12.0 Å². The van der Waals surface area contributed by atoms with E-state index in [9.17, 15) is 9.59 Å². The molecule has 7 nitrogen and oxygen atoms in total. The summed E-state index contributed by atoms with van der Waals surface area (Å²) < 4.78 is 7.67. The number of fused-ring (bicyclic) bond motifs is 1. The number of carbonyl (C=O) groups is 2. The highest BCUT2D eigenvalue weighted by Crippen LogP contribution is 2.37. The topological polar surface area (TPSA) is 84.7 Å². The number of ether oxygens (including phenoxy) is 1. The highest BCUT2D eigenvalue weighted by Gasteiger charge is 2.23. The molecule has 3 aromatic heterocycles. The summed E-state index contributed by atoms with van der Waals surface area (Å²) in [6.07, 6.45) is 5.34. The molecular weight excluding hydrogens is 420 g/mol. The zero-order valence-electron chi connectivity index (χ0n) is 14.4. The standard InChI is InChI=1S/C17H17BrN4O3S/c1-4-25-16(23)11-10(3)13(18)26-15(11)21-17(24)20-12-9(2)5-7-22-8-6-19-14(12)22/h5-8H,4H2,1-3H3,(H2,20,21,24). The van der Waals surface area contributed by atoms with E-state index in [2.05, 4.69) is 31.5 Å². The fraction of sp³-hybridized carbons (Fsp3) is 0.235. The maximum atomic E-state index is 12.5. The molecule has 0 radical (unpaired) electrons. The summed E-state index contributed by atoms with van der Waals surface area (Å²) in [4.78, 5) is 29.0. The molecule has 0 bridgehead atoms. The van der Waals surface area contributed by atoms with Crippen LogP contribution in [-0.4, -0.2) is 28.0 Å². The number of hydrogen-bond acceptors (Lipinski definition) is 5. The van der Waals surface area contributed by atoms with Crippen LogP contribution >= 0.6 is 27.3 Å². The fourth-order valence-electron chi connectivity index (χ4n) is 2.50. The first kappa shape index (κ1) is 18.4. The number of anilines is 2. The van der Waals surface area contributed by atoms with Crippen molar-refractivity contribution in [1.29, 1.82) is 0 Å². The summed E-state index contributed by atoms with van der Waals surface area (Å²) >= 11 is 4.67. The number of imidazole rings is 1. The minimum atomic E-state index is -0.464. The average Bonchev–Trinajstić information content (AvgIpc) is 3.16. The number of esters is 1. The van der Waals surface area contributed by atoms with Crippen LogP contribution < -0.4 is 10.6 Å². The minimum Gasteiger partial charge on any atom is -0.462 e. The van der Waals surface area contributed by atoms with Gasteiger partial charge in [-0.3, -0.25) is 5.32 Å². The van der Waals surface area contributed by atoms with Crippen molar-refractivity contribution in [3.05, 3.63) is 45.1 Å². The number of aryl methyl sites for hydroxylation is 1. The molecule has 0 aromatic carbocycles. The normalized spacial score (nSPS) is 10.8. The predicted octanol–water partition coefficient (Wildman–Crippen LogP) is 4.60. The van der Waals surface area contributed by atoms with Gasteiger partial charge in [0.05, 0.1) is 21.6 Å². The predicted molar refractivity (Wildman–Crippen MR) is 105 cm³/mol. The Bertz CT molecular complexity index is 995. The second-order valence-electron chi connectivity index (χ2n) is 5.54. The maximum absolute atomic E-state index is 12.5. The van der Waals surface area contributed by atoms with E-state index in [4.69, 9.17) is 4.74 Å². The zero-order valence-corrected chi connectivity index (χ0v) is 16.8. The number of nitrogens with one attached hydrogen (secondary N) is 2. The third-order valence-electron chi connectivity index (χ3n) is 3.81. The van der Waals surface area contributed by atoms with E-state index >= 15 is 0 Å². The summed E-state index contributed by atoms with van der Waals surface area (Å²) in [7, 11) is 0. The Labute approximate surface area is 162 Å². The Balaban J connectivity index is 1.87. The first-order chi connectivity index (χ1) is 12.4. The summed E-state index contributed by atoms with van der Waals surface area (Å²) in [5.74, 6) is -0.464. The summed E-state index contributed by atoms with van der Waals surface area (Å²) in [6, 6.07) is 1.43. The number of nitrogens with zero attached hydrogens (tertiary/aromatic N) is 2. The lowest BCUT2D eigenvalue weighted by Gasteiger charge is -2.11. The number of amides is 2. The van der Waals surface area contributed by atoms with Gasteiger partial charge in [-0.05, 0) is 53.9 Å². The van der Waals surface area contributed by atoms with E-state index in [0.29, 0.717) is 21.9 Å². The first-order valence-corrected chi connectivity index (χ1v) is 9.49. The maximum Gasteiger partial charge on any atom is 0.341 e. The molecule has 0 unspecified atom stereocenters. The number of rotatable bonds is 4. The fourth-order valence-corrected chi connectivity index (χ4v) is 4.10. The monoisotopic (exact) mass is 436 g/mol. The summed E-state index contributed by atoms with van der Waals surface area (Å²) in [6.45, 7) is 5.69. The highest BCUT2D eigenvalue weighted by molar-refractivity contribution is 9.11. The number of pyridine rings is 1. The molecule has 0 aliphatic rings. The first-order valence-electron chi connectivity index (χ1n) is 7.88. The van der Waals surface area contributed by atoms with E-state index in [1.807, 2.05) is 23.6 Å². The van der Waals surface area contributed by atoms with E-state index in [1.54, 1.807) is 26.2 Å². The number of carbonyl (C=O) groups excluding carboxylic acids is 2. The number of aromatic nitrogens is 2. The molecule has 0 aliphatic carbocycles. The molecule has 9 heteroatoms. The van der Waals surface area contributed by atoms with Gasteiger partial charge in [0.2, 0.25) is 0 Å². The van der Waals surface area contributed by atoms with Crippen LogP contribution in [0.4, 0.5) is 15.5 Å². The molecule has 3 heterocycles. The molecule has 0 aliphatic heterocycles. The van der Waals surface area contributed by atoms with Crippen LogP contribution in [0.3, 0.4) is 0 Å². The van der Waals surface area contributed by atoms with Gasteiger partial charge in [0, 0.05) is 18.6 Å². The molecule has 0 saturated heterocycles. The molecule has 136 valence electrons. The lowest BCUT2D eigenvalue weighted by Crippen LogP contribution is -2.21. The van der Waals surface area contributed by atoms with Gasteiger partial charge in [0.25, 0.3) is 0 Å². The molecule has 0 fully saturated rings. The van der Waals surface area contributed by atoms with Crippen molar-refractivity contribution in [1.82, 2.24) is 9.38 Å². The van der Waals surface area contributed by atoms with Crippen molar-refractivity contribution in [2.45, 2.75) is 20.8 Å². The lowest BCUT2D eigenvalue weighted by atomic mass is 10.2. The quantitative estimate of drug-likeness (QED) is 0.585. The van der Waals surface area contributed by atoms with Gasteiger partial charge in [0.15, 0.2) is 5.65 Å². The van der Waals surface area contributed by atoms with Crippen LogP contribution in [0.25, 0.3) is 5.65 Å². The number of urea groups is 1. The average molecular weight is 437 g/mol. The largest absolute Gasteiger partial charge is 0.462 e. The molecule has 0 atom stereocenters. The number of halogens is 1. The van der Waals surface area contributed by atoms with Crippen molar-refractivity contribution >= 4 is 55.6 Å². The second-order valence-corrected chi connectivity index (χ2v) is 7.87. The van der Waals surface area contributed by atoms with Crippen LogP contribution in [-0.2, 0) is 4.74 Å². The lowest BCUT2D eigenvalue weighted by molar-refractivity contribution is 0.0527.